The Morgan fingerprint density at radius 3 is 2.53 bits per heavy atom. The SMILES string of the molecule is CCCC(C)(C)Nc1ccc([N+](=O)[O-])cc1C. The molecule has 0 aliphatic carbocycles. The van der Waals surface area contributed by atoms with Crippen molar-refractivity contribution in [2.45, 2.75) is 46.1 Å². The molecule has 0 radical (unpaired) electrons. The summed E-state index contributed by atoms with van der Waals surface area (Å²) in [4.78, 5) is 10.3. The van der Waals surface area contributed by atoms with Crippen LogP contribution in [-0.4, -0.2) is 10.5 Å². The van der Waals surface area contributed by atoms with Gasteiger partial charge in [-0.25, -0.2) is 0 Å². The summed E-state index contributed by atoms with van der Waals surface area (Å²) in [6, 6.07) is 4.92. The van der Waals surface area contributed by atoms with Crippen LogP contribution in [0.15, 0.2) is 18.2 Å². The number of non-ortho nitro benzene ring substituents is 1. The Kier molecular flexibility index (Phi) is 4.10. The lowest BCUT2D eigenvalue weighted by atomic mass is 9.98. The molecule has 4 nitrogen and oxygen atoms in total. The number of nitro groups is 1. The van der Waals surface area contributed by atoms with Gasteiger partial charge < -0.3 is 5.32 Å². The van der Waals surface area contributed by atoms with Gasteiger partial charge in [0.1, 0.15) is 0 Å². The molecule has 1 aromatic carbocycles. The van der Waals surface area contributed by atoms with Crippen LogP contribution < -0.4 is 5.32 Å². The summed E-state index contributed by atoms with van der Waals surface area (Å²) in [5.74, 6) is 0. The first kappa shape index (κ1) is 13.5. The topological polar surface area (TPSA) is 55.2 Å². The predicted molar refractivity (Wildman–Crippen MR) is 70.4 cm³/mol. The molecule has 0 unspecified atom stereocenters. The monoisotopic (exact) mass is 236 g/mol. The normalized spacial score (nSPS) is 11.3. The quantitative estimate of drug-likeness (QED) is 0.623. The summed E-state index contributed by atoms with van der Waals surface area (Å²) in [5.41, 5.74) is 2.02. The van der Waals surface area contributed by atoms with Crippen molar-refractivity contribution in [2.24, 2.45) is 0 Å². The third kappa shape index (κ3) is 3.73. The number of hydrogen-bond acceptors (Lipinski definition) is 3. The molecule has 94 valence electrons. The van der Waals surface area contributed by atoms with Gasteiger partial charge in [0.2, 0.25) is 0 Å². The van der Waals surface area contributed by atoms with Gasteiger partial charge in [0.05, 0.1) is 4.92 Å². The highest BCUT2D eigenvalue weighted by molar-refractivity contribution is 5.56. The van der Waals surface area contributed by atoms with E-state index in [0.29, 0.717) is 0 Å². The van der Waals surface area contributed by atoms with Crippen molar-refractivity contribution in [3.63, 3.8) is 0 Å². The van der Waals surface area contributed by atoms with Crippen molar-refractivity contribution in [1.82, 2.24) is 0 Å². The average Bonchev–Trinajstić information content (AvgIpc) is 2.20. The third-order valence-corrected chi connectivity index (χ3v) is 2.77. The van der Waals surface area contributed by atoms with Gasteiger partial charge in [-0.05, 0) is 38.8 Å². The van der Waals surface area contributed by atoms with E-state index in [4.69, 9.17) is 0 Å². The first-order valence-corrected chi connectivity index (χ1v) is 5.89. The maximum absolute atomic E-state index is 10.6. The van der Waals surface area contributed by atoms with Crippen LogP contribution in [0.1, 0.15) is 39.2 Å². The Bertz CT molecular complexity index is 414. The number of aryl methyl sites for hydroxylation is 1. The van der Waals surface area contributed by atoms with Crippen LogP contribution in [0, 0.1) is 17.0 Å². The highest BCUT2D eigenvalue weighted by Crippen LogP contribution is 2.25. The number of nitrogens with one attached hydrogen (secondary N) is 1. The Morgan fingerprint density at radius 1 is 1.41 bits per heavy atom. The second-order valence-corrected chi connectivity index (χ2v) is 5.02. The predicted octanol–water partition coefficient (Wildman–Crippen LogP) is 3.89. The zero-order chi connectivity index (χ0) is 13.1. The van der Waals surface area contributed by atoms with Crippen LogP contribution >= 0.6 is 0 Å². The number of rotatable bonds is 5. The van der Waals surface area contributed by atoms with E-state index in [1.54, 1.807) is 12.1 Å². The number of hydrogen-bond donors (Lipinski definition) is 1. The van der Waals surface area contributed by atoms with Crippen LogP contribution in [0.4, 0.5) is 11.4 Å². The maximum Gasteiger partial charge on any atom is 0.269 e. The second-order valence-electron chi connectivity index (χ2n) is 5.02. The van der Waals surface area contributed by atoms with Crippen molar-refractivity contribution < 1.29 is 4.92 Å². The van der Waals surface area contributed by atoms with Gasteiger partial charge >= 0.3 is 0 Å². The summed E-state index contributed by atoms with van der Waals surface area (Å²) in [6.45, 7) is 8.30. The number of anilines is 1. The van der Waals surface area contributed by atoms with Crippen LogP contribution in [0.2, 0.25) is 0 Å². The molecule has 4 heteroatoms. The van der Waals surface area contributed by atoms with Gasteiger partial charge in [-0.3, -0.25) is 10.1 Å². The lowest BCUT2D eigenvalue weighted by molar-refractivity contribution is -0.384. The van der Waals surface area contributed by atoms with Crippen molar-refractivity contribution in [3.8, 4) is 0 Å². The van der Waals surface area contributed by atoms with E-state index < -0.39 is 0 Å². The van der Waals surface area contributed by atoms with Gasteiger partial charge in [0.15, 0.2) is 0 Å². The molecule has 0 saturated carbocycles. The van der Waals surface area contributed by atoms with Crippen LogP contribution in [0.3, 0.4) is 0 Å². The Labute approximate surface area is 102 Å². The lowest BCUT2D eigenvalue weighted by Crippen LogP contribution is -2.30. The summed E-state index contributed by atoms with van der Waals surface area (Å²) in [7, 11) is 0. The molecule has 0 aromatic heterocycles. The zero-order valence-electron chi connectivity index (χ0n) is 10.9. The molecule has 17 heavy (non-hydrogen) atoms. The minimum absolute atomic E-state index is 0.00957. The van der Waals surface area contributed by atoms with Crippen molar-refractivity contribution in [2.75, 3.05) is 5.32 Å². The van der Waals surface area contributed by atoms with Crippen molar-refractivity contribution in [3.05, 3.63) is 33.9 Å². The van der Waals surface area contributed by atoms with Gasteiger partial charge in [0.25, 0.3) is 5.69 Å². The smallest absolute Gasteiger partial charge is 0.269 e. The van der Waals surface area contributed by atoms with Gasteiger partial charge in [-0.1, -0.05) is 13.3 Å². The van der Waals surface area contributed by atoms with E-state index in [2.05, 4.69) is 26.1 Å². The molecule has 0 aliphatic heterocycles. The summed E-state index contributed by atoms with van der Waals surface area (Å²) < 4.78 is 0. The molecule has 0 bridgehead atoms. The van der Waals surface area contributed by atoms with Gasteiger partial charge in [-0.15, -0.1) is 0 Å². The molecule has 0 heterocycles. The fourth-order valence-electron chi connectivity index (χ4n) is 1.95. The van der Waals surface area contributed by atoms with Crippen molar-refractivity contribution in [1.29, 1.82) is 0 Å². The summed E-state index contributed by atoms with van der Waals surface area (Å²) >= 11 is 0. The molecule has 1 N–H and O–H groups in total. The van der Waals surface area contributed by atoms with Crippen LogP contribution in [0.5, 0.6) is 0 Å². The molecule has 0 aliphatic rings. The van der Waals surface area contributed by atoms with Crippen molar-refractivity contribution >= 4 is 11.4 Å². The highest BCUT2D eigenvalue weighted by atomic mass is 16.6. The van der Waals surface area contributed by atoms with Crippen LogP contribution in [-0.2, 0) is 0 Å². The second kappa shape index (κ2) is 5.17. The van der Waals surface area contributed by atoms with Gasteiger partial charge in [-0.2, -0.15) is 0 Å². The number of nitrogens with zero attached hydrogens (tertiary/aromatic N) is 1. The standard InChI is InChI=1S/C13H20N2O2/c1-5-8-13(3,4)14-12-7-6-11(15(16)17)9-10(12)2/h6-7,9,14H,5,8H2,1-4H3. The first-order chi connectivity index (χ1) is 7.85. The largest absolute Gasteiger partial charge is 0.380 e. The molecule has 0 amide bonds. The third-order valence-electron chi connectivity index (χ3n) is 2.77. The molecule has 0 spiro atoms. The van der Waals surface area contributed by atoms with E-state index >= 15 is 0 Å². The van der Waals surface area contributed by atoms with E-state index in [1.807, 2.05) is 6.92 Å². The lowest BCUT2D eigenvalue weighted by Gasteiger charge is -2.28. The Morgan fingerprint density at radius 2 is 2.06 bits per heavy atom. The maximum atomic E-state index is 10.6. The molecular weight excluding hydrogens is 216 g/mol. The summed E-state index contributed by atoms with van der Waals surface area (Å²) in [6.07, 6.45) is 2.16. The van der Waals surface area contributed by atoms with E-state index in [0.717, 1.165) is 24.1 Å². The fraction of sp³-hybridized carbons (Fsp3) is 0.538. The average molecular weight is 236 g/mol. The molecule has 1 aromatic rings. The number of benzene rings is 1. The fourth-order valence-corrected chi connectivity index (χ4v) is 1.95. The van der Waals surface area contributed by atoms with E-state index in [-0.39, 0.29) is 16.1 Å². The van der Waals surface area contributed by atoms with E-state index in [9.17, 15) is 10.1 Å². The summed E-state index contributed by atoms with van der Waals surface area (Å²) in [5, 5.41) is 14.1. The van der Waals surface area contributed by atoms with E-state index in [1.165, 1.54) is 6.07 Å². The molecule has 0 atom stereocenters. The highest BCUT2D eigenvalue weighted by Gasteiger charge is 2.17. The van der Waals surface area contributed by atoms with Gasteiger partial charge in [0, 0.05) is 23.4 Å². The molecule has 0 fully saturated rings. The Balaban J connectivity index is 2.90. The minimum atomic E-state index is -0.367. The zero-order valence-corrected chi connectivity index (χ0v) is 10.9. The first-order valence-electron chi connectivity index (χ1n) is 5.89. The number of nitro benzene ring substituents is 1. The van der Waals surface area contributed by atoms with Crippen LogP contribution in [0.25, 0.3) is 0 Å². The molecule has 1 rings (SSSR count). The molecular formula is C13H20N2O2. The minimum Gasteiger partial charge on any atom is -0.380 e. The Hall–Kier alpha value is -1.58. The molecule has 0 saturated heterocycles.